The fourth-order valence-corrected chi connectivity index (χ4v) is 4.67. The van der Waals surface area contributed by atoms with Crippen LogP contribution in [-0.2, 0) is 16.6 Å². The van der Waals surface area contributed by atoms with E-state index in [1.807, 2.05) is 43.4 Å². The number of carbonyl (C=O) groups excluding carboxylic acids is 1. The summed E-state index contributed by atoms with van der Waals surface area (Å²) in [6.07, 6.45) is 3.58. The van der Waals surface area contributed by atoms with E-state index >= 15 is 0 Å². The second kappa shape index (κ2) is 9.04. The number of carbonyl (C=O) groups is 1. The maximum absolute atomic E-state index is 13.5. The molecule has 1 saturated carbocycles. The average molecular weight is 446 g/mol. The van der Waals surface area contributed by atoms with E-state index < -0.39 is 10.0 Å². The molecule has 30 heavy (non-hydrogen) atoms. The Hall–Kier alpha value is -2.61. The normalized spacial score (nSPS) is 13.5. The Labute approximate surface area is 182 Å². The Balaban J connectivity index is 0.00000256. The number of nitrogens with one attached hydrogen (secondary N) is 2. The summed E-state index contributed by atoms with van der Waals surface area (Å²) < 4.78 is 28.2. The third-order valence-corrected chi connectivity index (χ3v) is 6.53. The number of nitrogens with zero attached hydrogens (tertiary/aromatic N) is 1. The Morgan fingerprint density at radius 2 is 1.80 bits per heavy atom. The SMILES string of the molecule is CNCc1cc(-c2ccccc2)n(S(=O)(=O)c2cccc(C(=O)NC3CC3)c2)c1.Cl. The number of benzene rings is 2. The summed E-state index contributed by atoms with van der Waals surface area (Å²) in [6, 6.07) is 17.7. The fraction of sp³-hybridized carbons (Fsp3) is 0.227. The first kappa shape index (κ1) is 22.1. The van der Waals surface area contributed by atoms with Crippen LogP contribution in [0.15, 0.2) is 71.8 Å². The summed E-state index contributed by atoms with van der Waals surface area (Å²) in [5.74, 6) is -0.240. The number of hydrogen-bond donors (Lipinski definition) is 2. The molecule has 0 unspecified atom stereocenters. The third-order valence-electron chi connectivity index (χ3n) is 4.86. The van der Waals surface area contributed by atoms with Crippen molar-refractivity contribution in [3.8, 4) is 11.3 Å². The molecule has 0 saturated heterocycles. The summed E-state index contributed by atoms with van der Waals surface area (Å²) in [7, 11) is -2.06. The Morgan fingerprint density at radius 3 is 2.47 bits per heavy atom. The number of aromatic nitrogens is 1. The van der Waals surface area contributed by atoms with Gasteiger partial charge in [0, 0.05) is 24.3 Å². The van der Waals surface area contributed by atoms with Gasteiger partial charge in [-0.05, 0) is 55.3 Å². The van der Waals surface area contributed by atoms with E-state index in [2.05, 4.69) is 10.6 Å². The Kier molecular flexibility index (Phi) is 6.65. The molecule has 1 amide bonds. The first-order valence-electron chi connectivity index (χ1n) is 9.57. The lowest BCUT2D eigenvalue weighted by Gasteiger charge is -2.12. The molecule has 0 spiro atoms. The van der Waals surface area contributed by atoms with Gasteiger partial charge in [0.1, 0.15) is 0 Å². The van der Waals surface area contributed by atoms with Crippen LogP contribution in [0.4, 0.5) is 0 Å². The van der Waals surface area contributed by atoms with Gasteiger partial charge in [-0.2, -0.15) is 0 Å². The second-order valence-corrected chi connectivity index (χ2v) is 9.02. The Bertz CT molecular complexity index is 1140. The van der Waals surface area contributed by atoms with Crippen molar-refractivity contribution < 1.29 is 13.2 Å². The largest absolute Gasteiger partial charge is 0.349 e. The average Bonchev–Trinajstić information content (AvgIpc) is 3.44. The second-order valence-electron chi connectivity index (χ2n) is 7.21. The maximum atomic E-state index is 13.5. The monoisotopic (exact) mass is 445 g/mol. The van der Waals surface area contributed by atoms with Crippen LogP contribution >= 0.6 is 12.4 Å². The minimum absolute atomic E-state index is 0. The summed E-state index contributed by atoms with van der Waals surface area (Å²) in [5.41, 5.74) is 2.60. The summed E-state index contributed by atoms with van der Waals surface area (Å²) in [5, 5.41) is 5.95. The Morgan fingerprint density at radius 1 is 1.07 bits per heavy atom. The van der Waals surface area contributed by atoms with Crippen molar-refractivity contribution in [2.24, 2.45) is 0 Å². The van der Waals surface area contributed by atoms with Gasteiger partial charge in [0.2, 0.25) is 0 Å². The highest BCUT2D eigenvalue weighted by Crippen LogP contribution is 2.28. The number of halogens is 1. The molecular weight excluding hydrogens is 422 g/mol. The smallest absolute Gasteiger partial charge is 0.268 e. The van der Waals surface area contributed by atoms with Gasteiger partial charge in [-0.3, -0.25) is 4.79 Å². The van der Waals surface area contributed by atoms with Crippen LogP contribution in [0.25, 0.3) is 11.3 Å². The molecule has 1 aliphatic rings. The standard InChI is InChI=1S/C22H23N3O3S.ClH/c1-23-14-16-12-21(17-6-3-2-4-7-17)25(15-16)29(27,28)20-9-5-8-18(13-20)22(26)24-19-10-11-19;/h2-9,12-13,15,19,23H,10-11,14H2,1H3,(H,24,26);1H. The van der Waals surface area contributed by atoms with Gasteiger partial charge in [-0.15, -0.1) is 12.4 Å². The molecule has 2 N–H and O–H groups in total. The zero-order valence-electron chi connectivity index (χ0n) is 16.5. The van der Waals surface area contributed by atoms with Gasteiger partial charge in [-0.25, -0.2) is 12.4 Å². The van der Waals surface area contributed by atoms with Gasteiger partial charge >= 0.3 is 0 Å². The van der Waals surface area contributed by atoms with Gasteiger partial charge < -0.3 is 10.6 Å². The topological polar surface area (TPSA) is 80.2 Å². The van der Waals surface area contributed by atoms with E-state index in [1.54, 1.807) is 18.3 Å². The number of hydrogen-bond acceptors (Lipinski definition) is 4. The van der Waals surface area contributed by atoms with Crippen molar-refractivity contribution in [3.05, 3.63) is 78.0 Å². The quantitative estimate of drug-likeness (QED) is 0.584. The van der Waals surface area contributed by atoms with E-state index in [0.717, 1.165) is 24.0 Å². The lowest BCUT2D eigenvalue weighted by molar-refractivity contribution is 0.0951. The predicted molar refractivity (Wildman–Crippen MR) is 119 cm³/mol. The highest BCUT2D eigenvalue weighted by molar-refractivity contribution is 7.90. The summed E-state index contributed by atoms with van der Waals surface area (Å²) >= 11 is 0. The van der Waals surface area contributed by atoms with Crippen LogP contribution in [-0.4, -0.2) is 31.4 Å². The van der Waals surface area contributed by atoms with E-state index in [1.165, 1.54) is 16.1 Å². The zero-order valence-corrected chi connectivity index (χ0v) is 18.2. The highest BCUT2D eigenvalue weighted by atomic mass is 35.5. The molecule has 0 bridgehead atoms. The molecule has 3 aromatic rings. The molecule has 4 rings (SSSR count). The van der Waals surface area contributed by atoms with Crippen molar-refractivity contribution in [1.29, 1.82) is 0 Å². The van der Waals surface area contributed by atoms with Crippen LogP contribution in [0.3, 0.4) is 0 Å². The van der Waals surface area contributed by atoms with Gasteiger partial charge in [-0.1, -0.05) is 36.4 Å². The van der Waals surface area contributed by atoms with Gasteiger partial charge in [0.15, 0.2) is 0 Å². The highest BCUT2D eigenvalue weighted by Gasteiger charge is 2.26. The predicted octanol–water partition coefficient (Wildman–Crippen LogP) is 3.43. The molecule has 1 aromatic heterocycles. The summed E-state index contributed by atoms with van der Waals surface area (Å²) in [6.45, 7) is 0.548. The number of rotatable bonds is 7. The first-order valence-corrected chi connectivity index (χ1v) is 11.0. The first-order chi connectivity index (χ1) is 14.0. The minimum Gasteiger partial charge on any atom is -0.349 e. The molecule has 0 radical (unpaired) electrons. The molecule has 2 aromatic carbocycles. The molecule has 1 aliphatic carbocycles. The van der Waals surface area contributed by atoms with Gasteiger partial charge in [0.25, 0.3) is 15.9 Å². The van der Waals surface area contributed by atoms with Crippen LogP contribution in [0.1, 0.15) is 28.8 Å². The lowest BCUT2D eigenvalue weighted by atomic mass is 10.1. The van der Waals surface area contributed by atoms with E-state index in [4.69, 9.17) is 0 Å². The van der Waals surface area contributed by atoms with Crippen molar-refractivity contribution >= 4 is 28.3 Å². The molecular formula is C22H24ClN3O3S. The molecule has 0 atom stereocenters. The fourth-order valence-electron chi connectivity index (χ4n) is 3.22. The van der Waals surface area contributed by atoms with Crippen LogP contribution in [0.5, 0.6) is 0 Å². The van der Waals surface area contributed by atoms with Crippen LogP contribution in [0.2, 0.25) is 0 Å². The summed E-state index contributed by atoms with van der Waals surface area (Å²) in [4.78, 5) is 12.5. The van der Waals surface area contributed by atoms with Gasteiger partial charge in [0.05, 0.1) is 10.6 Å². The van der Waals surface area contributed by atoms with Crippen molar-refractivity contribution in [2.45, 2.75) is 30.3 Å². The molecule has 1 heterocycles. The van der Waals surface area contributed by atoms with Crippen molar-refractivity contribution in [1.82, 2.24) is 14.6 Å². The van der Waals surface area contributed by atoms with E-state index in [-0.39, 0.29) is 29.3 Å². The number of amides is 1. The van der Waals surface area contributed by atoms with Crippen molar-refractivity contribution in [2.75, 3.05) is 7.05 Å². The molecule has 8 heteroatoms. The van der Waals surface area contributed by atoms with E-state index in [0.29, 0.717) is 17.8 Å². The van der Waals surface area contributed by atoms with Crippen LogP contribution < -0.4 is 10.6 Å². The third kappa shape index (κ3) is 4.59. The molecule has 1 fully saturated rings. The lowest BCUT2D eigenvalue weighted by Crippen LogP contribution is -2.25. The van der Waals surface area contributed by atoms with Crippen LogP contribution in [0, 0.1) is 0 Å². The molecule has 0 aliphatic heterocycles. The molecule has 6 nitrogen and oxygen atoms in total. The molecule has 158 valence electrons. The minimum atomic E-state index is -3.88. The van der Waals surface area contributed by atoms with Crippen molar-refractivity contribution in [3.63, 3.8) is 0 Å². The van der Waals surface area contributed by atoms with E-state index in [9.17, 15) is 13.2 Å². The zero-order chi connectivity index (χ0) is 20.4. The maximum Gasteiger partial charge on any atom is 0.268 e.